The molecule has 2 heterocycles. The summed E-state index contributed by atoms with van der Waals surface area (Å²) >= 11 is 0. The SMILES string of the molecule is N=C1N=Nc2cc[nH]c21. The fraction of sp³-hybridized carbons (Fsp3) is 0. The lowest BCUT2D eigenvalue weighted by Crippen LogP contribution is -1.87. The van der Waals surface area contributed by atoms with E-state index in [0.29, 0.717) is 0 Å². The molecule has 0 amide bonds. The molecule has 0 atom stereocenters. The first kappa shape index (κ1) is 4.43. The van der Waals surface area contributed by atoms with Gasteiger partial charge in [-0.3, -0.25) is 5.41 Å². The largest absolute Gasteiger partial charge is 0.357 e. The molecule has 4 nitrogen and oxygen atoms in total. The van der Waals surface area contributed by atoms with Crippen LogP contribution in [0.3, 0.4) is 0 Å². The number of fused-ring (bicyclic) bond motifs is 1. The molecule has 1 aliphatic heterocycles. The Hall–Kier alpha value is -1.45. The molecule has 0 saturated carbocycles. The normalized spacial score (nSPS) is 14.4. The van der Waals surface area contributed by atoms with Crippen LogP contribution in [0.5, 0.6) is 0 Å². The first-order valence-electron chi connectivity index (χ1n) is 2.56. The Morgan fingerprint density at radius 3 is 3.11 bits per heavy atom. The Labute approximate surface area is 51.1 Å². The van der Waals surface area contributed by atoms with Gasteiger partial charge in [-0.05, 0) is 6.07 Å². The molecule has 4 heteroatoms. The smallest absolute Gasteiger partial charge is 0.193 e. The fourth-order valence-electron chi connectivity index (χ4n) is 0.788. The lowest BCUT2D eigenvalue weighted by molar-refractivity contribution is 1.29. The fourth-order valence-corrected chi connectivity index (χ4v) is 0.788. The maximum atomic E-state index is 7.16. The van der Waals surface area contributed by atoms with Crippen molar-refractivity contribution in [2.45, 2.75) is 0 Å². The van der Waals surface area contributed by atoms with Gasteiger partial charge in [-0.1, -0.05) is 0 Å². The number of azo groups is 1. The van der Waals surface area contributed by atoms with Crippen molar-refractivity contribution in [3.63, 3.8) is 0 Å². The predicted molar refractivity (Wildman–Crippen MR) is 32.1 cm³/mol. The van der Waals surface area contributed by atoms with E-state index in [9.17, 15) is 0 Å². The van der Waals surface area contributed by atoms with Gasteiger partial charge in [0.1, 0.15) is 11.4 Å². The van der Waals surface area contributed by atoms with E-state index in [1.165, 1.54) is 0 Å². The average molecular weight is 120 g/mol. The zero-order chi connectivity index (χ0) is 6.27. The van der Waals surface area contributed by atoms with Crippen molar-refractivity contribution < 1.29 is 0 Å². The van der Waals surface area contributed by atoms with Crippen LogP contribution in [0.1, 0.15) is 5.69 Å². The van der Waals surface area contributed by atoms with Crippen LogP contribution >= 0.6 is 0 Å². The summed E-state index contributed by atoms with van der Waals surface area (Å²) < 4.78 is 0. The first-order chi connectivity index (χ1) is 4.38. The number of amidine groups is 1. The molecule has 0 bridgehead atoms. The molecule has 0 saturated heterocycles. The average Bonchev–Trinajstić information content (AvgIpc) is 2.35. The topological polar surface area (TPSA) is 64.4 Å². The van der Waals surface area contributed by atoms with Crippen LogP contribution in [0.25, 0.3) is 0 Å². The summed E-state index contributed by atoms with van der Waals surface area (Å²) in [5, 5.41) is 14.4. The third-order valence-corrected chi connectivity index (χ3v) is 1.22. The third-order valence-electron chi connectivity index (χ3n) is 1.22. The molecule has 1 aliphatic rings. The van der Waals surface area contributed by atoms with E-state index in [1.807, 2.05) is 0 Å². The Morgan fingerprint density at radius 1 is 1.44 bits per heavy atom. The van der Waals surface area contributed by atoms with Crippen molar-refractivity contribution in [2.24, 2.45) is 10.2 Å². The number of aromatic amines is 1. The zero-order valence-corrected chi connectivity index (χ0v) is 4.55. The Balaban J connectivity index is 2.73. The van der Waals surface area contributed by atoms with Crippen LogP contribution in [0.2, 0.25) is 0 Å². The predicted octanol–water partition coefficient (Wildman–Crippen LogP) is 1.44. The number of rotatable bonds is 0. The summed E-state index contributed by atoms with van der Waals surface area (Å²) in [5.74, 6) is 0.218. The van der Waals surface area contributed by atoms with Crippen molar-refractivity contribution >= 4 is 11.5 Å². The number of H-pyrrole nitrogens is 1. The highest BCUT2D eigenvalue weighted by atomic mass is 15.2. The van der Waals surface area contributed by atoms with Gasteiger partial charge in [-0.2, -0.15) is 0 Å². The second kappa shape index (κ2) is 1.28. The van der Waals surface area contributed by atoms with Crippen molar-refractivity contribution in [3.05, 3.63) is 18.0 Å². The lowest BCUT2D eigenvalue weighted by Gasteiger charge is -1.80. The highest BCUT2D eigenvalue weighted by Gasteiger charge is 2.13. The van der Waals surface area contributed by atoms with Gasteiger partial charge in [0.25, 0.3) is 0 Å². The second-order valence-electron chi connectivity index (χ2n) is 1.79. The molecule has 2 N–H and O–H groups in total. The minimum atomic E-state index is 0.218. The molecular weight excluding hydrogens is 116 g/mol. The quantitative estimate of drug-likeness (QED) is 0.520. The highest BCUT2D eigenvalue weighted by Crippen LogP contribution is 2.24. The van der Waals surface area contributed by atoms with E-state index in [2.05, 4.69) is 15.2 Å². The van der Waals surface area contributed by atoms with E-state index < -0.39 is 0 Å². The summed E-state index contributed by atoms with van der Waals surface area (Å²) in [7, 11) is 0. The lowest BCUT2D eigenvalue weighted by atomic mass is 10.4. The summed E-state index contributed by atoms with van der Waals surface area (Å²) in [6.07, 6.45) is 1.75. The van der Waals surface area contributed by atoms with E-state index in [0.717, 1.165) is 11.4 Å². The molecule has 0 fully saturated rings. The maximum absolute atomic E-state index is 7.16. The minimum absolute atomic E-state index is 0.218. The van der Waals surface area contributed by atoms with Gasteiger partial charge >= 0.3 is 0 Å². The number of nitrogens with zero attached hydrogens (tertiary/aromatic N) is 2. The molecule has 0 aliphatic carbocycles. The highest BCUT2D eigenvalue weighted by molar-refractivity contribution is 6.01. The van der Waals surface area contributed by atoms with Gasteiger partial charge in [-0.25, -0.2) is 0 Å². The van der Waals surface area contributed by atoms with Gasteiger partial charge in [0, 0.05) is 6.20 Å². The standard InChI is InChI=1S/C5H4N4/c6-5-4-3(8-9-5)1-2-7-4/h1-2,6-7H. The van der Waals surface area contributed by atoms with Gasteiger partial charge in [-0.15, -0.1) is 10.2 Å². The Morgan fingerprint density at radius 2 is 2.33 bits per heavy atom. The molecular formula is C5H4N4. The Bertz CT molecular complexity index is 283. The molecule has 0 spiro atoms. The second-order valence-corrected chi connectivity index (χ2v) is 1.79. The van der Waals surface area contributed by atoms with E-state index in [-0.39, 0.29) is 5.84 Å². The minimum Gasteiger partial charge on any atom is -0.357 e. The van der Waals surface area contributed by atoms with Crippen molar-refractivity contribution in [3.8, 4) is 0 Å². The van der Waals surface area contributed by atoms with Crippen molar-refractivity contribution in [1.82, 2.24) is 4.98 Å². The molecule has 2 rings (SSSR count). The molecule has 0 radical (unpaired) electrons. The van der Waals surface area contributed by atoms with E-state index in [1.54, 1.807) is 12.3 Å². The zero-order valence-electron chi connectivity index (χ0n) is 4.55. The van der Waals surface area contributed by atoms with Gasteiger partial charge in [0.2, 0.25) is 0 Å². The van der Waals surface area contributed by atoms with Crippen LogP contribution in [0.15, 0.2) is 22.5 Å². The first-order valence-corrected chi connectivity index (χ1v) is 2.56. The molecule has 9 heavy (non-hydrogen) atoms. The number of hydrogen-bond donors (Lipinski definition) is 2. The van der Waals surface area contributed by atoms with Crippen LogP contribution in [-0.2, 0) is 0 Å². The van der Waals surface area contributed by atoms with Crippen LogP contribution in [0, 0.1) is 5.41 Å². The molecule has 0 unspecified atom stereocenters. The van der Waals surface area contributed by atoms with Crippen molar-refractivity contribution in [2.75, 3.05) is 0 Å². The summed E-state index contributed by atoms with van der Waals surface area (Å²) in [6, 6.07) is 1.79. The Kier molecular flexibility index (Phi) is 0.631. The van der Waals surface area contributed by atoms with Crippen LogP contribution in [-0.4, -0.2) is 10.8 Å². The molecule has 0 aromatic carbocycles. The molecule has 1 aromatic heterocycles. The summed E-state index contributed by atoms with van der Waals surface area (Å²) in [4.78, 5) is 2.86. The third kappa shape index (κ3) is 0.440. The monoisotopic (exact) mass is 120 g/mol. The van der Waals surface area contributed by atoms with Gasteiger partial charge < -0.3 is 4.98 Å². The number of nitrogens with one attached hydrogen (secondary N) is 2. The van der Waals surface area contributed by atoms with Gasteiger partial charge in [0.05, 0.1) is 0 Å². The van der Waals surface area contributed by atoms with Crippen LogP contribution in [0.4, 0.5) is 5.69 Å². The van der Waals surface area contributed by atoms with Crippen LogP contribution < -0.4 is 0 Å². The summed E-state index contributed by atoms with van der Waals surface area (Å²) in [6.45, 7) is 0. The number of hydrogen-bond acceptors (Lipinski definition) is 2. The number of aromatic nitrogens is 1. The van der Waals surface area contributed by atoms with E-state index in [4.69, 9.17) is 5.41 Å². The van der Waals surface area contributed by atoms with Gasteiger partial charge in [0.15, 0.2) is 5.84 Å². The molecule has 1 aromatic rings. The summed E-state index contributed by atoms with van der Waals surface area (Å²) in [5.41, 5.74) is 1.48. The van der Waals surface area contributed by atoms with E-state index >= 15 is 0 Å². The maximum Gasteiger partial charge on any atom is 0.193 e. The van der Waals surface area contributed by atoms with Crippen molar-refractivity contribution in [1.29, 1.82) is 5.41 Å². The molecule has 44 valence electrons.